The van der Waals surface area contributed by atoms with Crippen molar-refractivity contribution in [3.05, 3.63) is 71.4 Å². The highest BCUT2D eigenvalue weighted by Crippen LogP contribution is 2.18. The van der Waals surface area contributed by atoms with Crippen LogP contribution in [0.15, 0.2) is 54.7 Å². The van der Waals surface area contributed by atoms with Gasteiger partial charge in [0.25, 0.3) is 5.91 Å². The molecule has 2 aromatic carbocycles. The first kappa shape index (κ1) is 19.7. The van der Waals surface area contributed by atoms with Crippen LogP contribution in [0, 0.1) is 0 Å². The van der Waals surface area contributed by atoms with E-state index in [0.717, 1.165) is 22.9 Å². The van der Waals surface area contributed by atoms with Crippen LogP contribution in [-0.2, 0) is 27.2 Å². The van der Waals surface area contributed by atoms with Crippen LogP contribution in [0.3, 0.4) is 0 Å². The molecule has 3 rings (SSSR count). The summed E-state index contributed by atoms with van der Waals surface area (Å²) in [5.41, 5.74) is 4.31. The van der Waals surface area contributed by atoms with Crippen LogP contribution in [0.2, 0.25) is 0 Å². The summed E-state index contributed by atoms with van der Waals surface area (Å²) in [6.45, 7) is 4.58. The minimum absolute atomic E-state index is 0.138. The number of carbonyl (C=O) groups excluding carboxylic acids is 2. The van der Waals surface area contributed by atoms with Gasteiger partial charge < -0.3 is 15.0 Å². The van der Waals surface area contributed by atoms with Gasteiger partial charge in [0.1, 0.15) is 0 Å². The minimum atomic E-state index is -0.413. The van der Waals surface area contributed by atoms with E-state index in [-0.39, 0.29) is 18.9 Å². The largest absolute Gasteiger partial charge is 0.455 e. The summed E-state index contributed by atoms with van der Waals surface area (Å²) < 4.78 is 5.11. The summed E-state index contributed by atoms with van der Waals surface area (Å²) in [4.78, 5) is 27.1. The molecule has 0 aliphatic carbocycles. The van der Waals surface area contributed by atoms with Crippen molar-refractivity contribution in [2.45, 2.75) is 32.6 Å². The van der Waals surface area contributed by atoms with Gasteiger partial charge in [-0.25, -0.2) is 0 Å². The molecular weight excluding hydrogens is 352 g/mol. The van der Waals surface area contributed by atoms with E-state index >= 15 is 0 Å². The van der Waals surface area contributed by atoms with E-state index in [1.54, 1.807) is 6.20 Å². The molecule has 3 aromatic rings. The second kappa shape index (κ2) is 9.22. The molecule has 2 N–H and O–H groups in total. The van der Waals surface area contributed by atoms with Gasteiger partial charge in [-0.3, -0.25) is 9.59 Å². The summed E-state index contributed by atoms with van der Waals surface area (Å²) in [6.07, 6.45) is 2.68. The van der Waals surface area contributed by atoms with E-state index in [4.69, 9.17) is 4.74 Å². The fourth-order valence-corrected chi connectivity index (χ4v) is 3.10. The monoisotopic (exact) mass is 378 g/mol. The first-order chi connectivity index (χ1) is 13.5. The third-order valence-electron chi connectivity index (χ3n) is 4.76. The molecule has 0 radical (unpaired) electrons. The van der Waals surface area contributed by atoms with E-state index in [0.29, 0.717) is 12.5 Å². The van der Waals surface area contributed by atoms with Crippen LogP contribution in [-0.4, -0.2) is 30.0 Å². The van der Waals surface area contributed by atoms with Gasteiger partial charge in [0.15, 0.2) is 6.61 Å². The van der Waals surface area contributed by atoms with Crippen molar-refractivity contribution in [2.24, 2.45) is 0 Å². The van der Waals surface area contributed by atoms with Crippen molar-refractivity contribution < 1.29 is 14.3 Å². The van der Waals surface area contributed by atoms with Crippen molar-refractivity contribution in [1.29, 1.82) is 0 Å². The summed E-state index contributed by atoms with van der Waals surface area (Å²) in [6, 6.07) is 16.2. The fraction of sp³-hybridized carbons (Fsp3) is 0.304. The van der Waals surface area contributed by atoms with Crippen LogP contribution in [0.25, 0.3) is 10.9 Å². The Morgan fingerprint density at radius 3 is 2.57 bits per heavy atom. The van der Waals surface area contributed by atoms with Crippen LogP contribution < -0.4 is 5.32 Å². The predicted octanol–water partition coefficient (Wildman–Crippen LogP) is 3.74. The Balaban J connectivity index is 1.38. The second-order valence-corrected chi connectivity index (χ2v) is 7.19. The molecule has 0 saturated carbocycles. The van der Waals surface area contributed by atoms with E-state index < -0.39 is 5.97 Å². The number of esters is 1. The molecule has 0 fully saturated rings. The molecule has 0 atom stereocenters. The highest BCUT2D eigenvalue weighted by atomic mass is 16.5. The topological polar surface area (TPSA) is 71.2 Å². The zero-order chi connectivity index (χ0) is 19.9. The zero-order valence-corrected chi connectivity index (χ0v) is 16.3. The number of carbonyl (C=O) groups is 2. The normalized spacial score (nSPS) is 11.0. The summed E-state index contributed by atoms with van der Waals surface area (Å²) in [7, 11) is 0. The molecule has 0 unspecified atom stereocenters. The van der Waals surface area contributed by atoms with E-state index in [2.05, 4.69) is 48.4 Å². The number of amides is 1. The number of H-pyrrole nitrogens is 1. The smallest absolute Gasteiger partial charge is 0.310 e. The molecule has 1 heterocycles. The van der Waals surface area contributed by atoms with Crippen LogP contribution in [0.4, 0.5) is 0 Å². The first-order valence-electron chi connectivity index (χ1n) is 9.59. The maximum Gasteiger partial charge on any atom is 0.310 e. The fourth-order valence-electron chi connectivity index (χ4n) is 3.10. The number of benzene rings is 2. The summed E-state index contributed by atoms with van der Waals surface area (Å²) >= 11 is 0. The van der Waals surface area contributed by atoms with Gasteiger partial charge in [-0.2, -0.15) is 0 Å². The number of hydrogen-bond acceptors (Lipinski definition) is 3. The average Bonchev–Trinajstić information content (AvgIpc) is 3.10. The van der Waals surface area contributed by atoms with E-state index in [9.17, 15) is 9.59 Å². The highest BCUT2D eigenvalue weighted by Gasteiger charge is 2.11. The Morgan fingerprint density at radius 1 is 1.07 bits per heavy atom. The molecule has 5 nitrogen and oxygen atoms in total. The highest BCUT2D eigenvalue weighted by molar-refractivity contribution is 5.88. The number of nitrogens with one attached hydrogen (secondary N) is 2. The molecule has 5 heteroatoms. The standard InChI is InChI=1S/C23H26N2O3/c1-16(2)18-9-7-17(8-10-18)11-12-24-22(26)15-28-23(27)13-19-14-25-21-6-4-3-5-20(19)21/h3-10,14,16,25H,11-13,15H2,1-2H3,(H,24,26). The van der Waals surface area contributed by atoms with Gasteiger partial charge in [-0.05, 0) is 35.1 Å². The van der Waals surface area contributed by atoms with Gasteiger partial charge in [0, 0.05) is 23.6 Å². The second-order valence-electron chi connectivity index (χ2n) is 7.19. The maximum absolute atomic E-state index is 12.0. The van der Waals surface area contributed by atoms with Crippen molar-refractivity contribution in [1.82, 2.24) is 10.3 Å². The third kappa shape index (κ3) is 5.22. The third-order valence-corrected chi connectivity index (χ3v) is 4.76. The number of ether oxygens (including phenoxy) is 1. The predicted molar refractivity (Wildman–Crippen MR) is 110 cm³/mol. The molecule has 1 amide bonds. The molecule has 0 bridgehead atoms. The first-order valence-corrected chi connectivity index (χ1v) is 9.59. The lowest BCUT2D eigenvalue weighted by atomic mass is 10.0. The quantitative estimate of drug-likeness (QED) is 0.587. The molecule has 146 valence electrons. The van der Waals surface area contributed by atoms with Crippen molar-refractivity contribution in [3.8, 4) is 0 Å². The SMILES string of the molecule is CC(C)c1ccc(CCNC(=O)COC(=O)Cc2c[nH]c3ccccc23)cc1. The van der Waals surface area contributed by atoms with Gasteiger partial charge in [0.2, 0.25) is 0 Å². The Hall–Kier alpha value is -3.08. The Bertz CT molecular complexity index is 942. The average molecular weight is 378 g/mol. The molecule has 0 aliphatic rings. The van der Waals surface area contributed by atoms with Crippen LogP contribution in [0.5, 0.6) is 0 Å². The minimum Gasteiger partial charge on any atom is -0.455 e. The number of rotatable bonds is 8. The summed E-state index contributed by atoms with van der Waals surface area (Å²) in [5, 5.41) is 3.78. The lowest BCUT2D eigenvalue weighted by molar-refractivity contribution is -0.147. The summed E-state index contributed by atoms with van der Waals surface area (Å²) in [5.74, 6) is -0.192. The lowest BCUT2D eigenvalue weighted by Gasteiger charge is -2.08. The molecular formula is C23H26N2O3. The molecule has 28 heavy (non-hydrogen) atoms. The molecule has 0 aliphatic heterocycles. The zero-order valence-electron chi connectivity index (χ0n) is 16.3. The molecule has 0 saturated heterocycles. The molecule has 1 aromatic heterocycles. The lowest BCUT2D eigenvalue weighted by Crippen LogP contribution is -2.30. The number of aromatic amines is 1. The van der Waals surface area contributed by atoms with Gasteiger partial charge in [-0.1, -0.05) is 56.3 Å². The van der Waals surface area contributed by atoms with E-state index in [1.807, 2.05) is 24.3 Å². The van der Waals surface area contributed by atoms with Crippen LogP contribution >= 0.6 is 0 Å². The number of hydrogen-bond donors (Lipinski definition) is 2. The Labute approximate surface area is 165 Å². The van der Waals surface area contributed by atoms with Gasteiger partial charge >= 0.3 is 5.97 Å². The van der Waals surface area contributed by atoms with Gasteiger partial charge in [0.05, 0.1) is 6.42 Å². The Morgan fingerprint density at radius 2 is 1.82 bits per heavy atom. The van der Waals surface area contributed by atoms with Gasteiger partial charge in [-0.15, -0.1) is 0 Å². The van der Waals surface area contributed by atoms with Crippen LogP contribution in [0.1, 0.15) is 36.5 Å². The number of fused-ring (bicyclic) bond motifs is 1. The Kier molecular flexibility index (Phi) is 6.48. The van der Waals surface area contributed by atoms with E-state index in [1.165, 1.54) is 11.1 Å². The van der Waals surface area contributed by atoms with Crippen molar-refractivity contribution in [3.63, 3.8) is 0 Å². The van der Waals surface area contributed by atoms with Crippen molar-refractivity contribution >= 4 is 22.8 Å². The number of aromatic nitrogens is 1. The maximum atomic E-state index is 12.0. The number of para-hydroxylation sites is 1. The van der Waals surface area contributed by atoms with Crippen molar-refractivity contribution in [2.75, 3.05) is 13.2 Å². The molecule has 0 spiro atoms.